The molecule has 3 aromatic rings. The second-order valence-corrected chi connectivity index (χ2v) is 7.31. The molecule has 0 aliphatic rings. The Morgan fingerprint density at radius 3 is 2.16 bits per heavy atom. The molecule has 0 aromatic heterocycles. The third-order valence-electron chi connectivity index (χ3n) is 4.53. The van der Waals surface area contributed by atoms with Gasteiger partial charge in [-0.05, 0) is 53.9 Å². The molecule has 6 heteroatoms. The monoisotopic (exact) mass is 434 g/mol. The van der Waals surface area contributed by atoms with Crippen LogP contribution in [0, 0.1) is 0 Å². The highest BCUT2D eigenvalue weighted by Gasteiger charge is 2.11. The fourth-order valence-corrected chi connectivity index (χ4v) is 2.83. The van der Waals surface area contributed by atoms with Crippen LogP contribution in [0.5, 0.6) is 17.2 Å². The number of rotatable bonds is 10. The summed E-state index contributed by atoms with van der Waals surface area (Å²) in [7, 11) is 0. The van der Waals surface area contributed by atoms with Crippen molar-refractivity contribution in [3.05, 3.63) is 90.0 Å². The Hall–Kier alpha value is -3.80. The Balaban J connectivity index is 1.44. The second kappa shape index (κ2) is 11.6. The lowest BCUT2D eigenvalue weighted by Gasteiger charge is -2.10. The summed E-state index contributed by atoms with van der Waals surface area (Å²) in [5, 5.41) is 0. The molecule has 0 atom stereocenters. The molecule has 0 heterocycles. The van der Waals surface area contributed by atoms with E-state index in [1.54, 1.807) is 18.2 Å². The summed E-state index contributed by atoms with van der Waals surface area (Å²) in [5.74, 6) is 0.853. The van der Waals surface area contributed by atoms with Crippen LogP contribution in [0.25, 0.3) is 0 Å². The highest BCUT2D eigenvalue weighted by Crippen LogP contribution is 2.19. The molecule has 166 valence electrons. The van der Waals surface area contributed by atoms with Gasteiger partial charge in [0.1, 0.15) is 30.5 Å². The van der Waals surface area contributed by atoms with Crippen LogP contribution in [0.2, 0.25) is 0 Å². The van der Waals surface area contributed by atoms with Crippen LogP contribution in [0.4, 0.5) is 0 Å². The molecule has 0 saturated carbocycles. The van der Waals surface area contributed by atoms with Crippen molar-refractivity contribution < 1.29 is 28.5 Å². The van der Waals surface area contributed by atoms with Crippen molar-refractivity contribution in [2.75, 3.05) is 19.8 Å². The third kappa shape index (κ3) is 7.16. The van der Waals surface area contributed by atoms with E-state index < -0.39 is 11.9 Å². The van der Waals surface area contributed by atoms with Crippen LogP contribution in [0.15, 0.2) is 78.9 Å². The van der Waals surface area contributed by atoms with Crippen LogP contribution < -0.4 is 14.2 Å². The van der Waals surface area contributed by atoms with Crippen molar-refractivity contribution in [3.8, 4) is 17.2 Å². The van der Waals surface area contributed by atoms with Gasteiger partial charge in [-0.25, -0.2) is 9.59 Å². The first-order chi connectivity index (χ1) is 15.5. The van der Waals surface area contributed by atoms with E-state index >= 15 is 0 Å². The zero-order valence-corrected chi connectivity index (χ0v) is 18.2. The molecule has 0 unspecified atom stereocenters. The number of carbonyl (C=O) groups excluding carboxylic acids is 2. The molecule has 32 heavy (non-hydrogen) atoms. The molecule has 6 nitrogen and oxygen atoms in total. The van der Waals surface area contributed by atoms with Crippen molar-refractivity contribution >= 4 is 11.9 Å². The summed E-state index contributed by atoms with van der Waals surface area (Å²) in [4.78, 5) is 24.3. The predicted octanol–water partition coefficient (Wildman–Crippen LogP) is 5.03. The molecule has 3 aromatic carbocycles. The van der Waals surface area contributed by atoms with Crippen LogP contribution in [-0.4, -0.2) is 31.8 Å². The number of hydrogen-bond acceptors (Lipinski definition) is 6. The normalized spacial score (nSPS) is 10.5. The van der Waals surface area contributed by atoms with Gasteiger partial charge in [0, 0.05) is 0 Å². The van der Waals surface area contributed by atoms with E-state index in [4.69, 9.17) is 18.9 Å². The lowest BCUT2D eigenvalue weighted by atomic mass is 10.0. The first-order valence-corrected chi connectivity index (χ1v) is 10.4. The third-order valence-corrected chi connectivity index (χ3v) is 4.53. The molecule has 0 amide bonds. The van der Waals surface area contributed by atoms with Crippen molar-refractivity contribution in [2.24, 2.45) is 0 Å². The van der Waals surface area contributed by atoms with Crippen LogP contribution in [0.1, 0.15) is 35.7 Å². The topological polar surface area (TPSA) is 71.1 Å². The van der Waals surface area contributed by atoms with E-state index in [9.17, 15) is 9.59 Å². The Kier molecular flexibility index (Phi) is 8.26. The maximum absolute atomic E-state index is 12.2. The average molecular weight is 434 g/mol. The molecule has 0 fully saturated rings. The molecule has 0 spiro atoms. The molecule has 0 aliphatic heterocycles. The highest BCUT2D eigenvalue weighted by atomic mass is 16.6. The molecule has 3 rings (SSSR count). The maximum Gasteiger partial charge on any atom is 0.349 e. The van der Waals surface area contributed by atoms with Gasteiger partial charge in [-0.2, -0.15) is 0 Å². The molecule has 0 saturated heterocycles. The summed E-state index contributed by atoms with van der Waals surface area (Å²) in [6.07, 6.45) is 0. The predicted molar refractivity (Wildman–Crippen MR) is 120 cm³/mol. The number of ether oxygens (including phenoxy) is 4. The van der Waals surface area contributed by atoms with Gasteiger partial charge in [-0.1, -0.05) is 50.2 Å². The Morgan fingerprint density at radius 2 is 1.44 bits per heavy atom. The summed E-state index contributed by atoms with van der Waals surface area (Å²) in [5.41, 5.74) is 1.47. The number of hydrogen-bond donors (Lipinski definition) is 0. The van der Waals surface area contributed by atoms with Gasteiger partial charge in [-0.15, -0.1) is 0 Å². The van der Waals surface area contributed by atoms with Gasteiger partial charge in [-0.3, -0.25) is 0 Å². The van der Waals surface area contributed by atoms with Gasteiger partial charge in [0.05, 0.1) is 5.56 Å². The number of esters is 2. The second-order valence-electron chi connectivity index (χ2n) is 7.31. The molecule has 0 aliphatic carbocycles. The summed E-state index contributed by atoms with van der Waals surface area (Å²) in [6, 6.07) is 23.1. The summed E-state index contributed by atoms with van der Waals surface area (Å²) in [6.45, 7) is 4.30. The van der Waals surface area contributed by atoms with Crippen molar-refractivity contribution in [1.82, 2.24) is 0 Å². The smallest absolute Gasteiger partial charge is 0.349 e. The Bertz CT molecular complexity index is 1010. The number of benzene rings is 3. The lowest BCUT2D eigenvalue weighted by molar-refractivity contribution is -0.136. The first kappa shape index (κ1) is 22.9. The minimum Gasteiger partial charge on any atom is -0.490 e. The molecular weight excluding hydrogens is 408 g/mol. The molecular formula is C26H26O6. The zero-order valence-electron chi connectivity index (χ0n) is 18.2. The van der Waals surface area contributed by atoms with E-state index in [-0.39, 0.29) is 31.1 Å². The van der Waals surface area contributed by atoms with Crippen LogP contribution in [0.3, 0.4) is 0 Å². The average Bonchev–Trinajstić information content (AvgIpc) is 2.81. The van der Waals surface area contributed by atoms with E-state index in [2.05, 4.69) is 13.8 Å². The summed E-state index contributed by atoms with van der Waals surface area (Å²) >= 11 is 0. The SMILES string of the molecule is CC(C)c1ccc(OCC(=O)Oc2cccc(C(=O)OCCOc3ccccc3)c2)cc1. The minimum absolute atomic E-state index is 0.0984. The van der Waals surface area contributed by atoms with E-state index in [1.807, 2.05) is 54.6 Å². The fraction of sp³-hybridized carbons (Fsp3) is 0.231. The van der Waals surface area contributed by atoms with Gasteiger partial charge in [0.25, 0.3) is 0 Å². The molecule has 0 radical (unpaired) electrons. The molecule has 0 N–H and O–H groups in total. The minimum atomic E-state index is -0.570. The van der Waals surface area contributed by atoms with Crippen LogP contribution in [-0.2, 0) is 9.53 Å². The van der Waals surface area contributed by atoms with Crippen molar-refractivity contribution in [1.29, 1.82) is 0 Å². The van der Waals surface area contributed by atoms with E-state index in [0.29, 0.717) is 17.4 Å². The lowest BCUT2D eigenvalue weighted by Crippen LogP contribution is -2.18. The standard InChI is InChI=1S/C26H26O6/c1-19(2)20-11-13-23(14-12-20)31-18-25(27)32-24-10-6-7-21(17-24)26(28)30-16-15-29-22-8-4-3-5-9-22/h3-14,17,19H,15-16,18H2,1-2H3. The van der Waals surface area contributed by atoms with E-state index in [0.717, 1.165) is 0 Å². The van der Waals surface area contributed by atoms with Crippen LogP contribution >= 0.6 is 0 Å². The quantitative estimate of drug-likeness (QED) is 0.253. The summed E-state index contributed by atoms with van der Waals surface area (Å²) < 4.78 is 21.5. The fourth-order valence-electron chi connectivity index (χ4n) is 2.83. The van der Waals surface area contributed by atoms with Gasteiger partial charge in [0.2, 0.25) is 0 Å². The Morgan fingerprint density at radius 1 is 0.750 bits per heavy atom. The van der Waals surface area contributed by atoms with E-state index in [1.165, 1.54) is 11.6 Å². The number of carbonyl (C=O) groups is 2. The zero-order chi connectivity index (χ0) is 22.8. The van der Waals surface area contributed by atoms with Gasteiger partial charge >= 0.3 is 11.9 Å². The Labute approximate surface area is 187 Å². The largest absolute Gasteiger partial charge is 0.490 e. The first-order valence-electron chi connectivity index (χ1n) is 10.4. The molecule has 0 bridgehead atoms. The van der Waals surface area contributed by atoms with Crippen molar-refractivity contribution in [2.45, 2.75) is 19.8 Å². The maximum atomic E-state index is 12.2. The number of para-hydroxylation sites is 1. The van der Waals surface area contributed by atoms with Crippen molar-refractivity contribution in [3.63, 3.8) is 0 Å². The van der Waals surface area contributed by atoms with Gasteiger partial charge < -0.3 is 18.9 Å². The van der Waals surface area contributed by atoms with Gasteiger partial charge in [0.15, 0.2) is 6.61 Å². The highest BCUT2D eigenvalue weighted by molar-refractivity contribution is 5.90.